The van der Waals surface area contributed by atoms with Crippen molar-refractivity contribution >= 4 is 17.6 Å². The number of benzene rings is 2. The summed E-state index contributed by atoms with van der Waals surface area (Å²) in [5, 5.41) is 0. The van der Waals surface area contributed by atoms with E-state index < -0.39 is 0 Å². The van der Waals surface area contributed by atoms with Gasteiger partial charge < -0.3 is 28.9 Å². The van der Waals surface area contributed by atoms with Gasteiger partial charge in [0.15, 0.2) is 11.5 Å². The highest BCUT2D eigenvalue weighted by Crippen LogP contribution is 2.36. The van der Waals surface area contributed by atoms with E-state index in [9.17, 15) is 9.59 Å². The van der Waals surface area contributed by atoms with E-state index in [4.69, 9.17) is 14.2 Å². The fraction of sp³-hybridized carbons (Fsp3) is 0.576. The molecule has 2 aromatic carbocycles. The number of rotatable bonds is 12. The molecule has 3 amide bonds. The molecule has 0 N–H and O–H groups in total. The normalized spacial score (nSPS) is 19.7. The first-order valence-electron chi connectivity index (χ1n) is 15.4. The summed E-state index contributed by atoms with van der Waals surface area (Å²) in [4.78, 5) is 34.6. The smallest absolute Gasteiger partial charge is 0.325 e. The Labute approximate surface area is 250 Å². The molecule has 0 radical (unpaired) electrons. The van der Waals surface area contributed by atoms with Gasteiger partial charge in [-0.15, -0.1) is 0 Å². The lowest BCUT2D eigenvalue weighted by molar-refractivity contribution is -0.132. The molecule has 0 bridgehead atoms. The summed E-state index contributed by atoms with van der Waals surface area (Å²) in [7, 11) is 5.36. The Kier molecular flexibility index (Phi) is 9.77. The number of piperazine rings is 1. The van der Waals surface area contributed by atoms with E-state index in [1.165, 1.54) is 19.3 Å². The molecule has 0 aromatic heterocycles. The van der Waals surface area contributed by atoms with Gasteiger partial charge in [-0.2, -0.15) is 0 Å². The summed E-state index contributed by atoms with van der Waals surface area (Å²) in [5.74, 6) is 3.06. The van der Waals surface area contributed by atoms with Gasteiger partial charge in [0.25, 0.3) is 0 Å². The molecule has 2 saturated heterocycles. The van der Waals surface area contributed by atoms with Crippen molar-refractivity contribution in [2.24, 2.45) is 5.92 Å². The van der Waals surface area contributed by atoms with Crippen LogP contribution in [0.15, 0.2) is 36.4 Å². The molecular formula is C33H46N4O5. The maximum absolute atomic E-state index is 13.8. The topological polar surface area (TPSA) is 74.8 Å². The maximum atomic E-state index is 13.8. The number of carbonyl (C=O) groups excluding carboxylic acids is 2. The summed E-state index contributed by atoms with van der Waals surface area (Å²) in [6.07, 6.45) is 6.10. The van der Waals surface area contributed by atoms with Crippen molar-refractivity contribution in [2.75, 3.05) is 65.5 Å². The number of nitrogens with zero attached hydrogens (tertiary/aromatic N) is 4. The molecule has 1 aliphatic carbocycles. The predicted molar refractivity (Wildman–Crippen MR) is 164 cm³/mol. The number of ether oxygens (including phenoxy) is 3. The highest BCUT2D eigenvalue weighted by molar-refractivity contribution is 5.93. The lowest BCUT2D eigenvalue weighted by Crippen LogP contribution is -2.53. The lowest BCUT2D eigenvalue weighted by atomic mass is 10.0. The number of urea groups is 1. The van der Waals surface area contributed by atoms with Crippen LogP contribution in [0.4, 0.5) is 10.5 Å². The molecular weight excluding hydrogens is 532 g/mol. The van der Waals surface area contributed by atoms with Gasteiger partial charge in [-0.1, -0.05) is 25.0 Å². The minimum Gasteiger partial charge on any atom is -0.496 e. The largest absolute Gasteiger partial charge is 0.496 e. The Bertz CT molecular complexity index is 1240. The molecule has 3 aliphatic rings. The van der Waals surface area contributed by atoms with Crippen LogP contribution in [0.25, 0.3) is 0 Å². The van der Waals surface area contributed by atoms with Crippen molar-refractivity contribution in [2.45, 2.75) is 58.0 Å². The van der Waals surface area contributed by atoms with Crippen LogP contribution in [0.3, 0.4) is 0 Å². The van der Waals surface area contributed by atoms with E-state index in [0.717, 1.165) is 61.8 Å². The fourth-order valence-electron chi connectivity index (χ4n) is 5.84. The van der Waals surface area contributed by atoms with E-state index in [0.29, 0.717) is 43.4 Å². The highest BCUT2D eigenvalue weighted by Gasteiger charge is 2.33. The summed E-state index contributed by atoms with van der Waals surface area (Å²) < 4.78 is 17.4. The molecule has 228 valence electrons. The molecule has 2 aliphatic heterocycles. The Morgan fingerprint density at radius 2 is 1.67 bits per heavy atom. The minimum atomic E-state index is -0.0463. The standard InChI is InChI=1S/C33H46N4O5/c1-24-13-14-36(28-11-12-29(40-3)31(22-28)42-19-5-6-25-7-8-25)33(39)37(24)23-27-10-9-26(20-30(27)41-4)21-32(38)35-17-15-34(2)16-18-35/h9-12,20,22,24-25H,5-8,13-19,21,23H2,1-4H3/t24-/m0/s1. The third kappa shape index (κ3) is 7.30. The first kappa shape index (κ1) is 30.0. The van der Waals surface area contributed by atoms with Gasteiger partial charge in [0.05, 0.1) is 33.8 Å². The molecule has 1 saturated carbocycles. The monoisotopic (exact) mass is 578 g/mol. The van der Waals surface area contributed by atoms with Gasteiger partial charge in [0.2, 0.25) is 5.91 Å². The van der Waals surface area contributed by atoms with Crippen molar-refractivity contribution in [3.63, 3.8) is 0 Å². The van der Waals surface area contributed by atoms with Crippen LogP contribution in [0.1, 0.15) is 50.2 Å². The quantitative estimate of drug-likeness (QED) is 0.337. The number of hydrogen-bond donors (Lipinski definition) is 0. The number of carbonyl (C=O) groups is 2. The van der Waals surface area contributed by atoms with Crippen molar-refractivity contribution < 1.29 is 23.8 Å². The molecule has 42 heavy (non-hydrogen) atoms. The Balaban J connectivity index is 1.25. The number of amides is 3. The average molecular weight is 579 g/mol. The molecule has 9 heteroatoms. The Morgan fingerprint density at radius 3 is 2.38 bits per heavy atom. The third-order valence-electron chi connectivity index (χ3n) is 8.85. The van der Waals surface area contributed by atoms with Crippen molar-refractivity contribution in [1.82, 2.24) is 14.7 Å². The van der Waals surface area contributed by atoms with E-state index in [2.05, 4.69) is 18.9 Å². The second-order valence-electron chi connectivity index (χ2n) is 12.0. The number of anilines is 1. The second-order valence-corrected chi connectivity index (χ2v) is 12.0. The van der Waals surface area contributed by atoms with Crippen molar-refractivity contribution in [1.29, 1.82) is 0 Å². The Morgan fingerprint density at radius 1 is 0.905 bits per heavy atom. The summed E-state index contributed by atoms with van der Waals surface area (Å²) in [6, 6.07) is 11.7. The van der Waals surface area contributed by atoms with Gasteiger partial charge in [0, 0.05) is 56.1 Å². The Hall–Kier alpha value is -3.46. The van der Waals surface area contributed by atoms with Crippen molar-refractivity contribution in [3.05, 3.63) is 47.5 Å². The van der Waals surface area contributed by atoms with E-state index in [-0.39, 0.29) is 18.0 Å². The number of hydrogen-bond acceptors (Lipinski definition) is 6. The van der Waals surface area contributed by atoms with Gasteiger partial charge in [0.1, 0.15) is 5.75 Å². The fourth-order valence-corrected chi connectivity index (χ4v) is 5.84. The minimum absolute atomic E-state index is 0.0463. The molecule has 0 spiro atoms. The van der Waals surface area contributed by atoms with E-state index >= 15 is 0 Å². The zero-order valence-electron chi connectivity index (χ0n) is 25.6. The average Bonchev–Trinajstić information content (AvgIpc) is 3.83. The molecule has 2 aromatic rings. The van der Waals surface area contributed by atoms with Crippen LogP contribution < -0.4 is 19.1 Å². The summed E-state index contributed by atoms with van der Waals surface area (Å²) in [5.41, 5.74) is 2.64. The SMILES string of the molecule is COc1cc(CC(=O)N2CCN(C)CC2)ccc1CN1C(=O)N(c2ccc(OC)c(OCCCC3CC3)c2)CC[C@@H]1C. The van der Waals surface area contributed by atoms with Gasteiger partial charge >= 0.3 is 6.03 Å². The summed E-state index contributed by atoms with van der Waals surface area (Å²) in [6.45, 7) is 7.12. The number of likely N-dealkylation sites (N-methyl/N-ethyl adjacent to an activating group) is 1. The lowest BCUT2D eigenvalue weighted by Gasteiger charge is -2.40. The van der Waals surface area contributed by atoms with Crippen LogP contribution in [0.2, 0.25) is 0 Å². The summed E-state index contributed by atoms with van der Waals surface area (Å²) >= 11 is 0. The molecule has 2 heterocycles. The van der Waals surface area contributed by atoms with Gasteiger partial charge in [-0.05, 0) is 62.9 Å². The molecule has 5 rings (SSSR count). The first-order valence-corrected chi connectivity index (χ1v) is 15.4. The van der Waals surface area contributed by atoms with Crippen molar-refractivity contribution in [3.8, 4) is 17.2 Å². The molecule has 0 unspecified atom stereocenters. The number of methoxy groups -OCH3 is 2. The van der Waals surface area contributed by atoms with Crippen LogP contribution >= 0.6 is 0 Å². The first-order chi connectivity index (χ1) is 20.4. The van der Waals surface area contributed by atoms with Crippen LogP contribution in [-0.2, 0) is 17.8 Å². The van der Waals surface area contributed by atoms with Gasteiger partial charge in [-0.3, -0.25) is 9.69 Å². The molecule has 9 nitrogen and oxygen atoms in total. The zero-order valence-corrected chi connectivity index (χ0v) is 25.6. The highest BCUT2D eigenvalue weighted by atomic mass is 16.5. The molecule has 1 atom stereocenters. The molecule has 3 fully saturated rings. The zero-order chi connectivity index (χ0) is 29.6. The van der Waals surface area contributed by atoms with Crippen LogP contribution in [0, 0.1) is 5.92 Å². The second kappa shape index (κ2) is 13.7. The van der Waals surface area contributed by atoms with E-state index in [1.807, 2.05) is 51.1 Å². The third-order valence-corrected chi connectivity index (χ3v) is 8.85. The van der Waals surface area contributed by atoms with Gasteiger partial charge in [-0.25, -0.2) is 4.79 Å². The maximum Gasteiger partial charge on any atom is 0.325 e. The van der Waals surface area contributed by atoms with Crippen LogP contribution in [-0.4, -0.2) is 93.3 Å². The van der Waals surface area contributed by atoms with E-state index in [1.54, 1.807) is 14.2 Å². The predicted octanol–water partition coefficient (Wildman–Crippen LogP) is 4.81. The van der Waals surface area contributed by atoms with Crippen LogP contribution in [0.5, 0.6) is 17.2 Å².